The molecule has 1 fully saturated rings. The summed E-state index contributed by atoms with van der Waals surface area (Å²) >= 11 is 0. The number of nitrogens with two attached hydrogens (primary N) is 1. The van der Waals surface area contributed by atoms with Crippen LogP contribution >= 0.6 is 0 Å². The minimum absolute atomic E-state index is 0.115. The summed E-state index contributed by atoms with van der Waals surface area (Å²) in [5, 5.41) is 0. The minimum atomic E-state index is -0.421. The summed E-state index contributed by atoms with van der Waals surface area (Å²) in [6.45, 7) is 7.75. The van der Waals surface area contributed by atoms with Gasteiger partial charge in [0.25, 0.3) is 0 Å². The number of hydrogen-bond acceptors (Lipinski definition) is 3. The molecule has 0 spiro atoms. The molecule has 3 heteroatoms. The van der Waals surface area contributed by atoms with Gasteiger partial charge in [-0.1, -0.05) is 12.1 Å². The SMILES string of the molecule is Cc1c(N)cccc1[C@H](CC(=O)OC(C)(C)C)C1CC1. The van der Waals surface area contributed by atoms with Gasteiger partial charge in [0.2, 0.25) is 0 Å². The molecule has 2 N–H and O–H groups in total. The molecule has 0 heterocycles. The number of rotatable bonds is 4. The fourth-order valence-electron chi connectivity index (χ4n) is 2.67. The van der Waals surface area contributed by atoms with Gasteiger partial charge in [-0.2, -0.15) is 0 Å². The van der Waals surface area contributed by atoms with E-state index in [1.807, 2.05) is 39.8 Å². The van der Waals surface area contributed by atoms with E-state index in [9.17, 15) is 4.79 Å². The lowest BCUT2D eigenvalue weighted by molar-refractivity contribution is -0.155. The van der Waals surface area contributed by atoms with E-state index in [0.29, 0.717) is 12.3 Å². The van der Waals surface area contributed by atoms with Gasteiger partial charge in [-0.05, 0) is 69.6 Å². The quantitative estimate of drug-likeness (QED) is 0.671. The number of carbonyl (C=O) groups is 1. The van der Waals surface area contributed by atoms with Crippen molar-refractivity contribution >= 4 is 11.7 Å². The summed E-state index contributed by atoms with van der Waals surface area (Å²) in [4.78, 5) is 12.1. The van der Waals surface area contributed by atoms with E-state index in [0.717, 1.165) is 11.3 Å². The first-order valence-corrected chi connectivity index (χ1v) is 7.35. The summed E-state index contributed by atoms with van der Waals surface area (Å²) in [7, 11) is 0. The third-order valence-electron chi connectivity index (χ3n) is 3.81. The number of esters is 1. The molecule has 20 heavy (non-hydrogen) atoms. The number of anilines is 1. The zero-order chi connectivity index (χ0) is 14.9. The molecule has 3 nitrogen and oxygen atoms in total. The zero-order valence-corrected chi connectivity index (χ0v) is 12.9. The molecule has 0 saturated heterocycles. The molecule has 0 amide bonds. The number of nitrogen functional groups attached to an aromatic ring is 1. The van der Waals surface area contributed by atoms with Gasteiger partial charge in [-0.3, -0.25) is 4.79 Å². The van der Waals surface area contributed by atoms with Gasteiger partial charge in [-0.15, -0.1) is 0 Å². The Kier molecular flexibility index (Phi) is 4.07. The molecule has 1 atom stereocenters. The zero-order valence-electron chi connectivity index (χ0n) is 12.9. The van der Waals surface area contributed by atoms with Gasteiger partial charge < -0.3 is 10.5 Å². The van der Waals surface area contributed by atoms with Gasteiger partial charge in [0, 0.05) is 5.69 Å². The molecular formula is C17H25NO2. The van der Waals surface area contributed by atoms with Crippen LogP contribution in [0.3, 0.4) is 0 Å². The largest absolute Gasteiger partial charge is 0.460 e. The third kappa shape index (κ3) is 3.75. The van der Waals surface area contributed by atoms with Gasteiger partial charge in [-0.25, -0.2) is 0 Å². The second kappa shape index (κ2) is 5.47. The van der Waals surface area contributed by atoms with Crippen LogP contribution in [-0.2, 0) is 9.53 Å². The lowest BCUT2D eigenvalue weighted by atomic mass is 9.87. The van der Waals surface area contributed by atoms with Gasteiger partial charge in [0.05, 0.1) is 6.42 Å². The highest BCUT2D eigenvalue weighted by atomic mass is 16.6. The number of hydrogen-bond donors (Lipinski definition) is 1. The van der Waals surface area contributed by atoms with E-state index >= 15 is 0 Å². The highest BCUT2D eigenvalue weighted by Crippen LogP contribution is 2.46. The Morgan fingerprint density at radius 2 is 2.05 bits per heavy atom. The van der Waals surface area contributed by atoms with E-state index in [2.05, 4.69) is 6.07 Å². The van der Waals surface area contributed by atoms with E-state index in [1.54, 1.807) is 0 Å². The fraction of sp³-hybridized carbons (Fsp3) is 0.588. The Balaban J connectivity index is 2.16. The molecule has 1 aliphatic carbocycles. The minimum Gasteiger partial charge on any atom is -0.460 e. The monoisotopic (exact) mass is 275 g/mol. The summed E-state index contributed by atoms with van der Waals surface area (Å²) < 4.78 is 5.47. The Labute approximate surface area is 121 Å². The Hall–Kier alpha value is -1.51. The van der Waals surface area contributed by atoms with Crippen LogP contribution in [0.2, 0.25) is 0 Å². The highest BCUT2D eigenvalue weighted by Gasteiger charge is 2.35. The molecule has 0 aromatic heterocycles. The van der Waals surface area contributed by atoms with E-state index in [1.165, 1.54) is 18.4 Å². The Bertz CT molecular complexity index is 498. The molecule has 1 aromatic rings. The van der Waals surface area contributed by atoms with Crippen molar-refractivity contribution in [3.8, 4) is 0 Å². The third-order valence-corrected chi connectivity index (χ3v) is 3.81. The molecule has 0 radical (unpaired) electrons. The van der Waals surface area contributed by atoms with Crippen LogP contribution in [0.1, 0.15) is 57.1 Å². The molecule has 1 saturated carbocycles. The van der Waals surface area contributed by atoms with Crippen LogP contribution in [0, 0.1) is 12.8 Å². The van der Waals surface area contributed by atoms with Crippen molar-refractivity contribution < 1.29 is 9.53 Å². The molecule has 1 aliphatic rings. The highest BCUT2D eigenvalue weighted by molar-refractivity contribution is 5.71. The summed E-state index contributed by atoms with van der Waals surface area (Å²) in [6.07, 6.45) is 2.84. The molecule has 2 rings (SSSR count). The van der Waals surface area contributed by atoms with Crippen molar-refractivity contribution in [1.29, 1.82) is 0 Å². The Morgan fingerprint density at radius 3 is 2.60 bits per heavy atom. The van der Waals surface area contributed by atoms with Crippen molar-refractivity contribution in [3.05, 3.63) is 29.3 Å². The normalized spacial score (nSPS) is 16.8. The van der Waals surface area contributed by atoms with E-state index < -0.39 is 5.60 Å². The van der Waals surface area contributed by atoms with Crippen LogP contribution < -0.4 is 5.73 Å². The van der Waals surface area contributed by atoms with Crippen LogP contribution in [0.25, 0.3) is 0 Å². The summed E-state index contributed by atoms with van der Waals surface area (Å²) in [6, 6.07) is 5.98. The lowest BCUT2D eigenvalue weighted by Gasteiger charge is -2.23. The van der Waals surface area contributed by atoms with Crippen LogP contribution in [-0.4, -0.2) is 11.6 Å². The first kappa shape index (κ1) is 14.9. The standard InChI is InChI=1S/C17H25NO2/c1-11-13(6-5-7-15(11)18)14(12-8-9-12)10-16(19)20-17(2,3)4/h5-7,12,14H,8-10,18H2,1-4H3/t14-/m1/s1. The lowest BCUT2D eigenvalue weighted by Crippen LogP contribution is -2.25. The van der Waals surface area contributed by atoms with Crippen LogP contribution in [0.4, 0.5) is 5.69 Å². The maximum absolute atomic E-state index is 12.1. The molecule has 110 valence electrons. The predicted octanol–water partition coefficient (Wildman–Crippen LogP) is 3.80. The molecular weight excluding hydrogens is 250 g/mol. The molecule has 0 bridgehead atoms. The number of ether oxygens (including phenoxy) is 1. The van der Waals surface area contributed by atoms with Gasteiger partial charge in [0.1, 0.15) is 5.60 Å². The average molecular weight is 275 g/mol. The van der Waals surface area contributed by atoms with Gasteiger partial charge in [0.15, 0.2) is 0 Å². The average Bonchev–Trinajstić information content (AvgIpc) is 3.12. The van der Waals surface area contributed by atoms with Crippen molar-refractivity contribution in [2.75, 3.05) is 5.73 Å². The van der Waals surface area contributed by atoms with Crippen molar-refractivity contribution in [2.45, 2.75) is 58.5 Å². The second-order valence-electron chi connectivity index (χ2n) is 6.80. The summed E-state index contributed by atoms with van der Waals surface area (Å²) in [5.41, 5.74) is 8.69. The van der Waals surface area contributed by atoms with E-state index in [4.69, 9.17) is 10.5 Å². The van der Waals surface area contributed by atoms with Crippen LogP contribution in [0.15, 0.2) is 18.2 Å². The van der Waals surface area contributed by atoms with Crippen molar-refractivity contribution in [3.63, 3.8) is 0 Å². The van der Waals surface area contributed by atoms with Gasteiger partial charge >= 0.3 is 5.97 Å². The fourth-order valence-corrected chi connectivity index (χ4v) is 2.67. The molecule has 1 aromatic carbocycles. The summed E-state index contributed by atoms with van der Waals surface area (Å²) in [5.74, 6) is 0.729. The number of benzene rings is 1. The van der Waals surface area contributed by atoms with Crippen LogP contribution in [0.5, 0.6) is 0 Å². The topological polar surface area (TPSA) is 52.3 Å². The maximum atomic E-state index is 12.1. The number of carbonyl (C=O) groups excluding carboxylic acids is 1. The first-order chi connectivity index (χ1) is 9.28. The van der Waals surface area contributed by atoms with E-state index in [-0.39, 0.29) is 11.9 Å². The Morgan fingerprint density at radius 1 is 1.40 bits per heavy atom. The maximum Gasteiger partial charge on any atom is 0.306 e. The second-order valence-corrected chi connectivity index (χ2v) is 6.80. The predicted molar refractivity (Wildman–Crippen MR) is 81.5 cm³/mol. The van der Waals surface area contributed by atoms with Crippen molar-refractivity contribution in [1.82, 2.24) is 0 Å². The molecule has 0 aliphatic heterocycles. The molecule has 0 unspecified atom stereocenters. The first-order valence-electron chi connectivity index (χ1n) is 7.35. The van der Waals surface area contributed by atoms with Crippen molar-refractivity contribution in [2.24, 2.45) is 5.92 Å². The smallest absolute Gasteiger partial charge is 0.306 e.